The minimum atomic E-state index is -3.76. The first-order valence-electron chi connectivity index (χ1n) is 5.52. The number of hydrogen-bond donors (Lipinski definition) is 1. The largest absolute Gasteiger partial charge is 0.229 e. The molecule has 18 heavy (non-hydrogen) atoms. The van der Waals surface area contributed by atoms with Crippen LogP contribution in [0, 0.1) is 0 Å². The highest BCUT2D eigenvalue weighted by Gasteiger charge is 2.39. The van der Waals surface area contributed by atoms with Crippen LogP contribution in [-0.4, -0.2) is 59.6 Å². The molecular weight excluding hydrogens is 302 g/mol. The van der Waals surface area contributed by atoms with Gasteiger partial charge in [0.15, 0.2) is 19.7 Å². The molecule has 0 spiro atoms. The molecule has 0 bridgehead atoms. The number of rotatable bonds is 3. The van der Waals surface area contributed by atoms with E-state index in [-0.39, 0.29) is 35.9 Å². The molecule has 0 saturated carbocycles. The fourth-order valence-electron chi connectivity index (χ4n) is 2.22. The first-order chi connectivity index (χ1) is 8.10. The van der Waals surface area contributed by atoms with Gasteiger partial charge >= 0.3 is 0 Å². The van der Waals surface area contributed by atoms with Gasteiger partial charge in [0.1, 0.15) is 0 Å². The third kappa shape index (κ3) is 3.22. The van der Waals surface area contributed by atoms with E-state index in [1.807, 2.05) is 0 Å². The lowest BCUT2D eigenvalue weighted by molar-refractivity contribution is 0.550. The summed E-state index contributed by atoms with van der Waals surface area (Å²) in [6, 6.07) is -0.622. The molecule has 7 nitrogen and oxygen atoms in total. The van der Waals surface area contributed by atoms with Gasteiger partial charge in [0, 0.05) is 6.04 Å². The summed E-state index contributed by atoms with van der Waals surface area (Å²) in [4.78, 5) is 0. The zero-order valence-electron chi connectivity index (χ0n) is 9.57. The van der Waals surface area contributed by atoms with Crippen molar-refractivity contribution in [2.75, 3.05) is 23.0 Å². The molecule has 0 radical (unpaired) electrons. The van der Waals surface area contributed by atoms with E-state index in [1.54, 1.807) is 0 Å². The van der Waals surface area contributed by atoms with Crippen LogP contribution in [0.5, 0.6) is 0 Å². The highest BCUT2D eigenvalue weighted by atomic mass is 32.2. The van der Waals surface area contributed by atoms with E-state index in [4.69, 9.17) is 0 Å². The third-order valence-electron chi connectivity index (χ3n) is 3.19. The lowest BCUT2D eigenvalue weighted by Gasteiger charge is -2.15. The van der Waals surface area contributed by atoms with Crippen molar-refractivity contribution in [2.45, 2.75) is 24.1 Å². The topological polar surface area (TPSA) is 114 Å². The maximum Gasteiger partial charge on any atom is 0.215 e. The van der Waals surface area contributed by atoms with Crippen LogP contribution in [0.15, 0.2) is 0 Å². The normalized spacial score (nSPS) is 34.7. The van der Waals surface area contributed by atoms with Gasteiger partial charge in [-0.2, -0.15) is 0 Å². The van der Waals surface area contributed by atoms with Crippen LogP contribution >= 0.6 is 0 Å². The second-order valence-corrected chi connectivity index (χ2v) is 11.2. The Balaban J connectivity index is 2.05. The van der Waals surface area contributed by atoms with Crippen LogP contribution in [0.3, 0.4) is 0 Å². The van der Waals surface area contributed by atoms with Gasteiger partial charge in [-0.3, -0.25) is 0 Å². The Labute approximate surface area is 107 Å². The first kappa shape index (κ1) is 14.2. The van der Waals surface area contributed by atoms with Crippen LogP contribution in [0.4, 0.5) is 0 Å². The zero-order chi connectivity index (χ0) is 13.6. The highest BCUT2D eigenvalue weighted by molar-refractivity contribution is 7.95. The number of sulfone groups is 2. The number of hydrogen-bond acceptors (Lipinski definition) is 6. The van der Waals surface area contributed by atoms with E-state index < -0.39 is 41.0 Å². The zero-order valence-corrected chi connectivity index (χ0v) is 12.0. The summed E-state index contributed by atoms with van der Waals surface area (Å²) in [5, 5.41) is -0.953. The van der Waals surface area contributed by atoms with Crippen molar-refractivity contribution in [1.82, 2.24) is 4.72 Å². The molecule has 0 aromatic heterocycles. The molecule has 2 atom stereocenters. The van der Waals surface area contributed by atoms with Crippen LogP contribution in [0.1, 0.15) is 12.8 Å². The van der Waals surface area contributed by atoms with Gasteiger partial charge in [-0.25, -0.2) is 30.0 Å². The van der Waals surface area contributed by atoms with Crippen LogP contribution in [0.25, 0.3) is 0 Å². The Morgan fingerprint density at radius 2 is 1.44 bits per heavy atom. The quantitative estimate of drug-likeness (QED) is 0.662. The molecular formula is C8H15NO6S3. The fourth-order valence-corrected chi connectivity index (χ4v) is 8.32. The Morgan fingerprint density at radius 1 is 0.889 bits per heavy atom. The van der Waals surface area contributed by atoms with E-state index in [0.717, 1.165) is 0 Å². The molecule has 0 amide bonds. The van der Waals surface area contributed by atoms with Gasteiger partial charge in [0.05, 0.1) is 28.3 Å². The average Bonchev–Trinajstić information content (AvgIpc) is 2.69. The number of sulfonamides is 1. The van der Waals surface area contributed by atoms with Crippen molar-refractivity contribution in [3.8, 4) is 0 Å². The van der Waals surface area contributed by atoms with Crippen molar-refractivity contribution < 1.29 is 25.3 Å². The first-order valence-corrected chi connectivity index (χ1v) is 10.7. The lowest BCUT2D eigenvalue weighted by atomic mass is 10.3. The molecule has 2 aliphatic rings. The monoisotopic (exact) mass is 317 g/mol. The maximum atomic E-state index is 11.9. The van der Waals surface area contributed by atoms with E-state index in [9.17, 15) is 25.3 Å². The Hall–Kier alpha value is -0.190. The van der Waals surface area contributed by atoms with E-state index >= 15 is 0 Å². The van der Waals surface area contributed by atoms with E-state index in [0.29, 0.717) is 0 Å². The Bertz CT molecular complexity index is 632. The minimum absolute atomic E-state index is 0.0247. The summed E-state index contributed by atoms with van der Waals surface area (Å²) in [7, 11) is -10.2. The van der Waals surface area contributed by atoms with Crippen molar-refractivity contribution in [3.63, 3.8) is 0 Å². The summed E-state index contributed by atoms with van der Waals surface area (Å²) >= 11 is 0. The molecule has 106 valence electrons. The van der Waals surface area contributed by atoms with Crippen molar-refractivity contribution in [3.05, 3.63) is 0 Å². The Kier molecular flexibility index (Phi) is 3.50. The predicted octanol–water partition coefficient (Wildman–Crippen LogP) is -1.72. The molecule has 0 unspecified atom stereocenters. The maximum absolute atomic E-state index is 11.9. The predicted molar refractivity (Wildman–Crippen MR) is 66.2 cm³/mol. The molecule has 2 rings (SSSR count). The smallest absolute Gasteiger partial charge is 0.215 e. The molecule has 2 aliphatic heterocycles. The Morgan fingerprint density at radius 3 is 1.89 bits per heavy atom. The fraction of sp³-hybridized carbons (Fsp3) is 1.00. The lowest BCUT2D eigenvalue weighted by Crippen LogP contribution is -2.42. The summed E-state index contributed by atoms with van der Waals surface area (Å²) < 4.78 is 71.1. The summed E-state index contributed by atoms with van der Waals surface area (Å²) in [6.07, 6.45) is 0.332. The van der Waals surface area contributed by atoms with Crippen molar-refractivity contribution >= 4 is 29.7 Å². The molecule has 0 aromatic rings. The van der Waals surface area contributed by atoms with E-state index in [1.165, 1.54) is 0 Å². The minimum Gasteiger partial charge on any atom is -0.229 e. The van der Waals surface area contributed by atoms with Gasteiger partial charge in [-0.1, -0.05) is 0 Å². The van der Waals surface area contributed by atoms with E-state index in [2.05, 4.69) is 4.72 Å². The number of nitrogens with one attached hydrogen (secondary N) is 1. The van der Waals surface area contributed by atoms with Crippen molar-refractivity contribution in [2.24, 2.45) is 0 Å². The summed E-state index contributed by atoms with van der Waals surface area (Å²) in [5.74, 6) is -0.724. The molecule has 1 N–H and O–H groups in total. The third-order valence-corrected chi connectivity index (χ3v) is 8.88. The van der Waals surface area contributed by atoms with Crippen LogP contribution < -0.4 is 4.72 Å². The van der Waals surface area contributed by atoms with Gasteiger partial charge < -0.3 is 0 Å². The highest BCUT2D eigenvalue weighted by Crippen LogP contribution is 2.20. The molecule has 2 heterocycles. The molecule has 10 heteroatoms. The molecule has 0 aliphatic carbocycles. The molecule has 2 fully saturated rings. The van der Waals surface area contributed by atoms with Gasteiger partial charge in [0.25, 0.3) is 0 Å². The second-order valence-electron chi connectivity index (χ2n) is 4.79. The van der Waals surface area contributed by atoms with Gasteiger partial charge in [-0.15, -0.1) is 0 Å². The standard InChI is InChI=1S/C8H15NO6S3/c10-16(11)3-1-7(5-16)9-18(14,15)8-2-4-17(12,13)6-8/h7-9H,1-6H2/t7-,8+/m1/s1. The second kappa shape index (κ2) is 4.43. The van der Waals surface area contributed by atoms with Crippen molar-refractivity contribution in [1.29, 1.82) is 0 Å². The molecule has 0 aromatic carbocycles. The van der Waals surface area contributed by atoms with Crippen LogP contribution in [0.2, 0.25) is 0 Å². The average molecular weight is 317 g/mol. The van der Waals surface area contributed by atoms with Crippen LogP contribution in [-0.2, 0) is 29.7 Å². The van der Waals surface area contributed by atoms with Gasteiger partial charge in [0.2, 0.25) is 10.0 Å². The molecule has 2 saturated heterocycles. The SMILES string of the molecule is O=S1(=O)CC[C@@H](NS(=O)(=O)[C@H]2CCS(=O)(=O)C2)C1. The van der Waals surface area contributed by atoms with Gasteiger partial charge in [-0.05, 0) is 12.8 Å². The summed E-state index contributed by atoms with van der Waals surface area (Å²) in [5.41, 5.74) is 0. The summed E-state index contributed by atoms with van der Waals surface area (Å²) in [6.45, 7) is 0.